The summed E-state index contributed by atoms with van der Waals surface area (Å²) in [6, 6.07) is 0. The third-order valence-electron chi connectivity index (χ3n) is 3.16. The molecule has 2 heterocycles. The van der Waals surface area contributed by atoms with Crippen LogP contribution in [0, 0.1) is 5.92 Å². The first kappa shape index (κ1) is 12.1. The van der Waals surface area contributed by atoms with Crippen molar-refractivity contribution in [2.75, 3.05) is 38.6 Å². The molecule has 2 rings (SSSR count). The predicted octanol–water partition coefficient (Wildman–Crippen LogP) is 1.97. The van der Waals surface area contributed by atoms with Gasteiger partial charge in [-0.2, -0.15) is 8.75 Å². The molecule has 0 radical (unpaired) electrons. The van der Waals surface area contributed by atoms with Gasteiger partial charge in [0.05, 0.1) is 11.7 Å². The normalized spacial score (nSPS) is 18.9. The van der Waals surface area contributed by atoms with E-state index in [-0.39, 0.29) is 0 Å². The predicted molar refractivity (Wildman–Crippen MR) is 68.4 cm³/mol. The van der Waals surface area contributed by atoms with Gasteiger partial charge in [-0.25, -0.2) is 0 Å². The number of rotatable bonds is 3. The number of aromatic nitrogens is 2. The van der Waals surface area contributed by atoms with Crippen molar-refractivity contribution in [1.82, 2.24) is 13.6 Å². The standard InChI is InChI=1S/C10H17ClN4S/c1-14-5-3-8(4-6-14)7-15(2)10-9(11)12-16-13-10/h8H,3-7H2,1-2H3. The molecule has 0 unspecified atom stereocenters. The van der Waals surface area contributed by atoms with Crippen molar-refractivity contribution in [1.29, 1.82) is 0 Å². The van der Waals surface area contributed by atoms with E-state index in [1.165, 1.54) is 37.7 Å². The zero-order valence-corrected chi connectivity index (χ0v) is 11.3. The van der Waals surface area contributed by atoms with Crippen LogP contribution in [0.4, 0.5) is 5.82 Å². The highest BCUT2D eigenvalue weighted by Gasteiger charge is 2.20. The van der Waals surface area contributed by atoms with Crippen LogP contribution in [-0.4, -0.2) is 47.4 Å². The van der Waals surface area contributed by atoms with Crippen molar-refractivity contribution >= 4 is 29.1 Å². The van der Waals surface area contributed by atoms with E-state index in [2.05, 4.69) is 25.6 Å². The van der Waals surface area contributed by atoms with Crippen LogP contribution in [0.1, 0.15) is 12.8 Å². The summed E-state index contributed by atoms with van der Waals surface area (Å²) < 4.78 is 8.20. The average Bonchev–Trinajstić information content (AvgIpc) is 2.68. The minimum Gasteiger partial charge on any atom is -0.356 e. The van der Waals surface area contributed by atoms with Gasteiger partial charge in [0, 0.05) is 13.6 Å². The molecule has 16 heavy (non-hydrogen) atoms. The van der Waals surface area contributed by atoms with Crippen molar-refractivity contribution in [3.05, 3.63) is 5.15 Å². The Labute approximate surface area is 106 Å². The molecule has 1 saturated heterocycles. The molecule has 0 spiro atoms. The molecule has 0 bridgehead atoms. The molecule has 1 aliphatic rings. The molecule has 0 atom stereocenters. The van der Waals surface area contributed by atoms with Crippen LogP contribution < -0.4 is 4.90 Å². The van der Waals surface area contributed by atoms with E-state index in [0.717, 1.165) is 18.3 Å². The van der Waals surface area contributed by atoms with Gasteiger partial charge in [-0.05, 0) is 38.9 Å². The Hall–Kier alpha value is -0.390. The summed E-state index contributed by atoms with van der Waals surface area (Å²) in [5.74, 6) is 1.57. The zero-order chi connectivity index (χ0) is 11.5. The lowest BCUT2D eigenvalue weighted by Gasteiger charge is -2.31. The molecule has 0 saturated carbocycles. The molecule has 1 aromatic rings. The van der Waals surface area contributed by atoms with Gasteiger partial charge < -0.3 is 9.80 Å². The van der Waals surface area contributed by atoms with Gasteiger partial charge in [-0.3, -0.25) is 0 Å². The summed E-state index contributed by atoms with van der Waals surface area (Å²) in [5.41, 5.74) is 0. The Morgan fingerprint density at radius 1 is 1.44 bits per heavy atom. The largest absolute Gasteiger partial charge is 0.356 e. The summed E-state index contributed by atoms with van der Waals surface area (Å²) in [7, 11) is 4.22. The van der Waals surface area contributed by atoms with Gasteiger partial charge in [0.1, 0.15) is 0 Å². The van der Waals surface area contributed by atoms with Crippen LogP contribution in [0.2, 0.25) is 5.15 Å². The van der Waals surface area contributed by atoms with E-state index >= 15 is 0 Å². The van der Waals surface area contributed by atoms with Crippen LogP contribution in [0.25, 0.3) is 0 Å². The maximum atomic E-state index is 5.96. The molecule has 0 aliphatic carbocycles. The van der Waals surface area contributed by atoms with Crippen LogP contribution in [-0.2, 0) is 0 Å². The third-order valence-corrected chi connectivity index (χ3v) is 4.04. The number of piperidine rings is 1. The van der Waals surface area contributed by atoms with Crippen molar-refractivity contribution in [2.45, 2.75) is 12.8 Å². The summed E-state index contributed by atoms with van der Waals surface area (Å²) in [6.45, 7) is 3.42. The fourth-order valence-corrected chi connectivity index (χ4v) is 2.95. The van der Waals surface area contributed by atoms with Crippen molar-refractivity contribution in [3.8, 4) is 0 Å². The zero-order valence-electron chi connectivity index (χ0n) is 9.69. The molecule has 1 fully saturated rings. The van der Waals surface area contributed by atoms with E-state index in [4.69, 9.17) is 11.6 Å². The molecule has 0 N–H and O–H groups in total. The molecule has 0 amide bonds. The lowest BCUT2D eigenvalue weighted by atomic mass is 9.97. The monoisotopic (exact) mass is 260 g/mol. The number of anilines is 1. The molecule has 1 aromatic heterocycles. The average molecular weight is 261 g/mol. The first-order valence-corrected chi connectivity index (χ1v) is 6.65. The first-order chi connectivity index (χ1) is 7.66. The van der Waals surface area contributed by atoms with Crippen LogP contribution in [0.15, 0.2) is 0 Å². The SMILES string of the molecule is CN1CCC(CN(C)c2nsnc2Cl)CC1. The molecule has 6 heteroatoms. The van der Waals surface area contributed by atoms with Gasteiger partial charge >= 0.3 is 0 Å². The number of hydrogen-bond donors (Lipinski definition) is 0. The highest BCUT2D eigenvalue weighted by Crippen LogP contribution is 2.24. The topological polar surface area (TPSA) is 32.3 Å². The number of nitrogens with zero attached hydrogens (tertiary/aromatic N) is 4. The Bertz CT molecular complexity index is 335. The van der Waals surface area contributed by atoms with Gasteiger partial charge in [0.2, 0.25) is 0 Å². The summed E-state index contributed by atoms with van der Waals surface area (Å²) in [4.78, 5) is 4.51. The van der Waals surface area contributed by atoms with E-state index in [0.29, 0.717) is 5.15 Å². The molecular formula is C10H17ClN4S. The van der Waals surface area contributed by atoms with Gasteiger partial charge in [-0.1, -0.05) is 11.6 Å². The second-order valence-electron chi connectivity index (χ2n) is 4.51. The van der Waals surface area contributed by atoms with Crippen molar-refractivity contribution in [2.24, 2.45) is 5.92 Å². The minimum absolute atomic E-state index is 0.528. The lowest BCUT2D eigenvalue weighted by molar-refractivity contribution is 0.222. The number of hydrogen-bond acceptors (Lipinski definition) is 5. The fraction of sp³-hybridized carbons (Fsp3) is 0.800. The van der Waals surface area contributed by atoms with E-state index in [1.54, 1.807) is 0 Å². The van der Waals surface area contributed by atoms with Gasteiger partial charge in [-0.15, -0.1) is 0 Å². The molecule has 0 aromatic carbocycles. The Morgan fingerprint density at radius 3 is 2.69 bits per heavy atom. The second-order valence-corrected chi connectivity index (χ2v) is 5.39. The quantitative estimate of drug-likeness (QED) is 0.832. The smallest absolute Gasteiger partial charge is 0.187 e. The van der Waals surface area contributed by atoms with Crippen LogP contribution >= 0.6 is 23.3 Å². The van der Waals surface area contributed by atoms with Crippen LogP contribution in [0.3, 0.4) is 0 Å². The highest BCUT2D eigenvalue weighted by atomic mass is 35.5. The third kappa shape index (κ3) is 2.84. The Kier molecular flexibility index (Phi) is 4.00. The highest BCUT2D eigenvalue weighted by molar-refractivity contribution is 6.99. The molecule has 4 nitrogen and oxygen atoms in total. The lowest BCUT2D eigenvalue weighted by Crippen LogP contribution is -2.35. The van der Waals surface area contributed by atoms with Gasteiger partial charge in [0.15, 0.2) is 11.0 Å². The van der Waals surface area contributed by atoms with E-state index < -0.39 is 0 Å². The minimum atomic E-state index is 0.528. The van der Waals surface area contributed by atoms with Crippen LogP contribution in [0.5, 0.6) is 0 Å². The first-order valence-electron chi connectivity index (χ1n) is 5.54. The summed E-state index contributed by atoms with van der Waals surface area (Å²) >= 11 is 7.14. The fourth-order valence-electron chi connectivity index (χ4n) is 2.12. The maximum absolute atomic E-state index is 5.96. The summed E-state index contributed by atoms with van der Waals surface area (Å²) in [6.07, 6.45) is 2.52. The van der Waals surface area contributed by atoms with E-state index in [9.17, 15) is 0 Å². The Balaban J connectivity index is 1.88. The second kappa shape index (κ2) is 5.29. The number of halogens is 1. The molecule has 90 valence electrons. The Morgan fingerprint density at radius 2 is 2.12 bits per heavy atom. The number of likely N-dealkylation sites (tertiary alicyclic amines) is 1. The molecule has 1 aliphatic heterocycles. The van der Waals surface area contributed by atoms with Gasteiger partial charge in [0.25, 0.3) is 0 Å². The van der Waals surface area contributed by atoms with E-state index in [1.807, 2.05) is 7.05 Å². The maximum Gasteiger partial charge on any atom is 0.187 e. The van der Waals surface area contributed by atoms with Crippen molar-refractivity contribution in [3.63, 3.8) is 0 Å². The molecular weight excluding hydrogens is 244 g/mol. The summed E-state index contributed by atoms with van der Waals surface area (Å²) in [5, 5.41) is 0.528. The van der Waals surface area contributed by atoms with Crippen molar-refractivity contribution < 1.29 is 0 Å².